The second kappa shape index (κ2) is 4.26. The Morgan fingerprint density at radius 1 is 1.19 bits per heavy atom. The molecule has 0 saturated heterocycles. The maximum Gasteiger partial charge on any atom is 0.159 e. The third kappa shape index (κ3) is 2.00. The number of hydrogen-bond donors (Lipinski definition) is 1. The van der Waals surface area contributed by atoms with E-state index in [4.69, 9.17) is 0 Å². The molecule has 0 unspecified atom stereocenters. The first kappa shape index (κ1) is 10.5. The van der Waals surface area contributed by atoms with Crippen LogP contribution in [0.2, 0.25) is 0 Å². The first-order valence-electron chi connectivity index (χ1n) is 4.97. The number of aromatic nitrogens is 2. The molecular formula is C12H12FN3. The molecule has 1 aromatic carbocycles. The SMILES string of the molecule is CNc1ccc(C)c(-c2ncc(F)cn2)c1. The van der Waals surface area contributed by atoms with Crippen LogP contribution < -0.4 is 5.32 Å². The van der Waals surface area contributed by atoms with E-state index in [0.717, 1.165) is 16.8 Å². The number of nitrogens with one attached hydrogen (secondary N) is 1. The molecular weight excluding hydrogens is 205 g/mol. The largest absolute Gasteiger partial charge is 0.388 e. The van der Waals surface area contributed by atoms with Gasteiger partial charge >= 0.3 is 0 Å². The van der Waals surface area contributed by atoms with E-state index in [0.29, 0.717) is 5.82 Å². The quantitative estimate of drug-likeness (QED) is 0.840. The lowest BCUT2D eigenvalue weighted by Gasteiger charge is -2.07. The Morgan fingerprint density at radius 3 is 2.50 bits per heavy atom. The van der Waals surface area contributed by atoms with Gasteiger partial charge in [-0.2, -0.15) is 0 Å². The van der Waals surface area contributed by atoms with Gasteiger partial charge < -0.3 is 5.32 Å². The molecule has 2 aromatic rings. The zero-order valence-electron chi connectivity index (χ0n) is 9.16. The monoisotopic (exact) mass is 217 g/mol. The van der Waals surface area contributed by atoms with Gasteiger partial charge in [0.1, 0.15) is 0 Å². The minimum absolute atomic E-state index is 0.425. The van der Waals surface area contributed by atoms with Crippen molar-refractivity contribution in [3.05, 3.63) is 42.0 Å². The average Bonchev–Trinajstić information content (AvgIpc) is 2.31. The minimum atomic E-state index is -0.425. The van der Waals surface area contributed by atoms with Crippen molar-refractivity contribution < 1.29 is 4.39 Å². The van der Waals surface area contributed by atoms with Crippen molar-refractivity contribution in [2.75, 3.05) is 12.4 Å². The van der Waals surface area contributed by atoms with Crippen molar-refractivity contribution in [3.8, 4) is 11.4 Å². The molecule has 0 saturated carbocycles. The molecule has 0 amide bonds. The Hall–Kier alpha value is -1.97. The second-order valence-corrected chi connectivity index (χ2v) is 3.50. The summed E-state index contributed by atoms with van der Waals surface area (Å²) in [7, 11) is 1.85. The highest BCUT2D eigenvalue weighted by Gasteiger charge is 2.05. The topological polar surface area (TPSA) is 37.8 Å². The number of hydrogen-bond acceptors (Lipinski definition) is 3. The van der Waals surface area contributed by atoms with Crippen molar-refractivity contribution in [1.29, 1.82) is 0 Å². The molecule has 16 heavy (non-hydrogen) atoms. The van der Waals surface area contributed by atoms with Gasteiger partial charge in [0.05, 0.1) is 12.4 Å². The summed E-state index contributed by atoms with van der Waals surface area (Å²) in [6.07, 6.45) is 2.35. The average molecular weight is 217 g/mol. The molecule has 2 rings (SSSR count). The smallest absolute Gasteiger partial charge is 0.159 e. The summed E-state index contributed by atoms with van der Waals surface area (Å²) in [4.78, 5) is 7.94. The minimum Gasteiger partial charge on any atom is -0.388 e. The maximum absolute atomic E-state index is 12.7. The molecule has 1 heterocycles. The predicted octanol–water partition coefficient (Wildman–Crippen LogP) is 2.63. The van der Waals surface area contributed by atoms with Gasteiger partial charge in [-0.1, -0.05) is 6.07 Å². The third-order valence-electron chi connectivity index (χ3n) is 2.39. The van der Waals surface area contributed by atoms with Crippen LogP contribution in [0.4, 0.5) is 10.1 Å². The van der Waals surface area contributed by atoms with E-state index in [2.05, 4.69) is 15.3 Å². The molecule has 1 aromatic heterocycles. The van der Waals surface area contributed by atoms with E-state index in [-0.39, 0.29) is 0 Å². The molecule has 82 valence electrons. The Kier molecular flexibility index (Phi) is 2.81. The van der Waals surface area contributed by atoms with Crippen molar-refractivity contribution in [1.82, 2.24) is 9.97 Å². The van der Waals surface area contributed by atoms with Gasteiger partial charge in [-0.05, 0) is 24.6 Å². The maximum atomic E-state index is 12.7. The molecule has 0 fully saturated rings. The fraction of sp³-hybridized carbons (Fsp3) is 0.167. The Bertz CT molecular complexity index is 494. The molecule has 0 atom stereocenters. The number of rotatable bonds is 2. The van der Waals surface area contributed by atoms with Crippen LogP contribution in [-0.2, 0) is 0 Å². The van der Waals surface area contributed by atoms with Crippen molar-refractivity contribution in [2.45, 2.75) is 6.92 Å². The third-order valence-corrected chi connectivity index (χ3v) is 2.39. The molecule has 0 spiro atoms. The lowest BCUT2D eigenvalue weighted by Crippen LogP contribution is -1.94. The summed E-state index contributed by atoms with van der Waals surface area (Å²) in [5.74, 6) is 0.113. The van der Waals surface area contributed by atoms with E-state index in [1.165, 1.54) is 12.4 Å². The van der Waals surface area contributed by atoms with E-state index < -0.39 is 5.82 Å². The van der Waals surface area contributed by atoms with Crippen LogP contribution in [0.15, 0.2) is 30.6 Å². The zero-order valence-corrected chi connectivity index (χ0v) is 9.16. The van der Waals surface area contributed by atoms with Gasteiger partial charge in [0.2, 0.25) is 0 Å². The molecule has 3 nitrogen and oxygen atoms in total. The van der Waals surface area contributed by atoms with Crippen LogP contribution in [0.25, 0.3) is 11.4 Å². The van der Waals surface area contributed by atoms with Crippen LogP contribution in [-0.4, -0.2) is 17.0 Å². The van der Waals surface area contributed by atoms with Gasteiger partial charge in [0.25, 0.3) is 0 Å². The van der Waals surface area contributed by atoms with E-state index in [1.54, 1.807) is 0 Å². The summed E-state index contributed by atoms with van der Waals surface area (Å²) in [6.45, 7) is 1.97. The summed E-state index contributed by atoms with van der Waals surface area (Å²) in [5.41, 5.74) is 2.95. The predicted molar refractivity (Wildman–Crippen MR) is 61.7 cm³/mol. The normalized spacial score (nSPS) is 10.2. The van der Waals surface area contributed by atoms with Crippen molar-refractivity contribution in [2.24, 2.45) is 0 Å². The lowest BCUT2D eigenvalue weighted by atomic mass is 10.1. The first-order valence-corrected chi connectivity index (χ1v) is 4.97. The Morgan fingerprint density at radius 2 is 1.88 bits per heavy atom. The fourth-order valence-corrected chi connectivity index (χ4v) is 1.47. The molecule has 0 radical (unpaired) electrons. The molecule has 0 bridgehead atoms. The molecule has 0 aliphatic heterocycles. The summed E-state index contributed by atoms with van der Waals surface area (Å²) >= 11 is 0. The van der Waals surface area contributed by atoms with Gasteiger partial charge in [0.15, 0.2) is 11.6 Å². The first-order chi connectivity index (χ1) is 7.70. The highest BCUT2D eigenvalue weighted by atomic mass is 19.1. The Labute approximate surface area is 93.4 Å². The number of benzene rings is 1. The summed E-state index contributed by atoms with van der Waals surface area (Å²) in [5, 5.41) is 3.05. The number of nitrogens with zero attached hydrogens (tertiary/aromatic N) is 2. The molecule has 1 N–H and O–H groups in total. The standard InChI is InChI=1S/C12H12FN3/c1-8-3-4-10(14-2)5-11(8)12-15-6-9(13)7-16-12/h3-7,14H,1-2H3. The second-order valence-electron chi connectivity index (χ2n) is 3.50. The zero-order chi connectivity index (χ0) is 11.5. The van der Waals surface area contributed by atoms with E-state index in [1.807, 2.05) is 32.2 Å². The van der Waals surface area contributed by atoms with Crippen LogP contribution in [0, 0.1) is 12.7 Å². The number of aryl methyl sites for hydroxylation is 1. The van der Waals surface area contributed by atoms with Gasteiger partial charge in [0, 0.05) is 18.3 Å². The highest BCUT2D eigenvalue weighted by molar-refractivity contribution is 5.66. The highest BCUT2D eigenvalue weighted by Crippen LogP contribution is 2.23. The van der Waals surface area contributed by atoms with E-state index >= 15 is 0 Å². The fourth-order valence-electron chi connectivity index (χ4n) is 1.47. The van der Waals surface area contributed by atoms with Crippen molar-refractivity contribution >= 4 is 5.69 Å². The number of anilines is 1. The van der Waals surface area contributed by atoms with Crippen LogP contribution in [0.1, 0.15) is 5.56 Å². The van der Waals surface area contributed by atoms with Crippen LogP contribution in [0.5, 0.6) is 0 Å². The van der Waals surface area contributed by atoms with Crippen LogP contribution >= 0.6 is 0 Å². The van der Waals surface area contributed by atoms with Gasteiger partial charge in [-0.15, -0.1) is 0 Å². The summed E-state index contributed by atoms with van der Waals surface area (Å²) in [6, 6.07) is 5.90. The Balaban J connectivity index is 2.50. The van der Waals surface area contributed by atoms with Gasteiger partial charge in [-0.3, -0.25) is 0 Å². The molecule has 4 heteroatoms. The van der Waals surface area contributed by atoms with Crippen LogP contribution in [0.3, 0.4) is 0 Å². The van der Waals surface area contributed by atoms with Crippen molar-refractivity contribution in [3.63, 3.8) is 0 Å². The molecule has 0 aliphatic rings. The molecule has 0 aliphatic carbocycles. The summed E-state index contributed by atoms with van der Waals surface area (Å²) < 4.78 is 12.7. The van der Waals surface area contributed by atoms with Gasteiger partial charge in [-0.25, -0.2) is 14.4 Å². The number of halogens is 1. The lowest BCUT2D eigenvalue weighted by molar-refractivity contribution is 0.614. The van der Waals surface area contributed by atoms with E-state index in [9.17, 15) is 4.39 Å².